The summed E-state index contributed by atoms with van der Waals surface area (Å²) in [5.41, 5.74) is 1.10. The second-order valence-corrected chi connectivity index (χ2v) is 4.57. The lowest BCUT2D eigenvalue weighted by Gasteiger charge is -2.12. The Morgan fingerprint density at radius 2 is 2.10 bits per heavy atom. The minimum atomic E-state index is -4.38. The van der Waals surface area contributed by atoms with Crippen molar-refractivity contribution in [1.29, 1.82) is 0 Å². The van der Waals surface area contributed by atoms with E-state index in [1.54, 1.807) is 5.32 Å². The quantitative estimate of drug-likeness (QED) is 0.857. The van der Waals surface area contributed by atoms with Gasteiger partial charge in [-0.05, 0) is 11.6 Å². The van der Waals surface area contributed by atoms with Crippen LogP contribution in [0.25, 0.3) is 0 Å². The number of benzene rings is 1. The van der Waals surface area contributed by atoms with Crippen LogP contribution in [0.3, 0.4) is 0 Å². The number of hydrogen-bond acceptors (Lipinski definition) is 3. The third kappa shape index (κ3) is 4.41. The number of amides is 1. The van der Waals surface area contributed by atoms with Crippen LogP contribution >= 0.6 is 0 Å². The van der Waals surface area contributed by atoms with Gasteiger partial charge in [0.15, 0.2) is 0 Å². The third-order valence-electron chi connectivity index (χ3n) is 2.86. The van der Waals surface area contributed by atoms with Crippen LogP contribution in [0, 0.1) is 0 Å². The maximum atomic E-state index is 11.9. The molecule has 0 saturated heterocycles. The lowest BCUT2D eigenvalue weighted by Crippen LogP contribution is -2.41. The van der Waals surface area contributed by atoms with Crippen molar-refractivity contribution in [2.45, 2.75) is 18.7 Å². The van der Waals surface area contributed by atoms with Gasteiger partial charge in [-0.1, -0.05) is 18.2 Å². The fraction of sp³-hybridized carbons (Fsp3) is 0.462. The van der Waals surface area contributed by atoms with E-state index >= 15 is 0 Å². The number of carbonyl (C=O) groups is 1. The van der Waals surface area contributed by atoms with E-state index in [4.69, 9.17) is 4.74 Å². The van der Waals surface area contributed by atoms with E-state index in [-0.39, 0.29) is 12.6 Å². The van der Waals surface area contributed by atoms with Crippen LogP contribution in [0.15, 0.2) is 24.3 Å². The number of carbonyl (C=O) groups excluding carboxylic acids is 1. The molecule has 0 bridgehead atoms. The minimum absolute atomic E-state index is 0.0946. The maximum absolute atomic E-state index is 11.9. The highest BCUT2D eigenvalue weighted by molar-refractivity contribution is 5.78. The topological polar surface area (TPSA) is 50.4 Å². The van der Waals surface area contributed by atoms with E-state index in [2.05, 4.69) is 5.32 Å². The summed E-state index contributed by atoms with van der Waals surface area (Å²) in [4.78, 5) is 11.2. The Kier molecular flexibility index (Phi) is 4.49. The first kappa shape index (κ1) is 14.6. The van der Waals surface area contributed by atoms with E-state index in [0.29, 0.717) is 6.54 Å². The van der Waals surface area contributed by atoms with Gasteiger partial charge in [0.2, 0.25) is 5.91 Å². The predicted octanol–water partition coefficient (Wildman–Crippen LogP) is 1.26. The van der Waals surface area contributed by atoms with Crippen molar-refractivity contribution in [3.8, 4) is 5.75 Å². The molecule has 2 rings (SSSR count). The SMILES string of the molecule is O=C(CNCC1Cc2ccccc2O1)NCC(F)(F)F. The minimum Gasteiger partial charge on any atom is -0.488 e. The number of para-hydroxylation sites is 1. The van der Waals surface area contributed by atoms with Crippen LogP contribution in [0.5, 0.6) is 5.75 Å². The van der Waals surface area contributed by atoms with Gasteiger partial charge in [-0.3, -0.25) is 4.79 Å². The van der Waals surface area contributed by atoms with Gasteiger partial charge in [0, 0.05) is 13.0 Å². The Hall–Kier alpha value is -1.76. The van der Waals surface area contributed by atoms with Gasteiger partial charge in [0.05, 0.1) is 6.54 Å². The highest BCUT2D eigenvalue weighted by Gasteiger charge is 2.27. The van der Waals surface area contributed by atoms with Gasteiger partial charge >= 0.3 is 6.18 Å². The molecule has 0 aromatic heterocycles. The zero-order valence-corrected chi connectivity index (χ0v) is 10.7. The molecule has 1 aliphatic heterocycles. The summed E-state index contributed by atoms with van der Waals surface area (Å²) in [7, 11) is 0. The molecule has 1 aromatic rings. The first-order chi connectivity index (χ1) is 9.44. The van der Waals surface area contributed by atoms with Crippen molar-refractivity contribution in [3.05, 3.63) is 29.8 Å². The fourth-order valence-corrected chi connectivity index (χ4v) is 1.98. The summed E-state index contributed by atoms with van der Waals surface area (Å²) in [5, 5.41) is 4.59. The molecule has 0 radical (unpaired) electrons. The molecule has 1 atom stereocenters. The number of ether oxygens (including phenoxy) is 1. The monoisotopic (exact) mass is 288 g/mol. The Bertz CT molecular complexity index is 452. The molecule has 110 valence electrons. The van der Waals surface area contributed by atoms with E-state index in [9.17, 15) is 18.0 Å². The molecule has 2 N–H and O–H groups in total. The average molecular weight is 288 g/mol. The molecule has 7 heteroatoms. The second kappa shape index (κ2) is 6.13. The van der Waals surface area contributed by atoms with E-state index < -0.39 is 18.6 Å². The first-order valence-corrected chi connectivity index (χ1v) is 6.23. The highest BCUT2D eigenvalue weighted by atomic mass is 19.4. The van der Waals surface area contributed by atoms with E-state index in [1.165, 1.54) is 0 Å². The van der Waals surface area contributed by atoms with Gasteiger partial charge in [-0.15, -0.1) is 0 Å². The molecule has 0 aliphatic carbocycles. The molecule has 1 unspecified atom stereocenters. The summed E-state index contributed by atoms with van der Waals surface area (Å²) in [5.74, 6) is 0.138. The number of fused-ring (bicyclic) bond motifs is 1. The summed E-state index contributed by atoms with van der Waals surface area (Å²) in [6.45, 7) is -1.06. The van der Waals surface area contributed by atoms with E-state index in [1.807, 2.05) is 24.3 Å². The summed E-state index contributed by atoms with van der Waals surface area (Å²) >= 11 is 0. The Morgan fingerprint density at radius 3 is 2.80 bits per heavy atom. The first-order valence-electron chi connectivity index (χ1n) is 6.23. The largest absolute Gasteiger partial charge is 0.488 e. The lowest BCUT2D eigenvalue weighted by atomic mass is 10.1. The number of halogens is 3. The van der Waals surface area contributed by atoms with Crippen LogP contribution in [0.2, 0.25) is 0 Å². The number of nitrogens with one attached hydrogen (secondary N) is 2. The summed E-state index contributed by atoms with van der Waals surface area (Å²) < 4.78 is 41.3. The molecule has 1 aromatic carbocycles. The van der Waals surface area contributed by atoms with Crippen molar-refractivity contribution < 1.29 is 22.7 Å². The van der Waals surface area contributed by atoms with Gasteiger partial charge in [0.25, 0.3) is 0 Å². The third-order valence-corrected chi connectivity index (χ3v) is 2.86. The highest BCUT2D eigenvalue weighted by Crippen LogP contribution is 2.27. The molecule has 0 spiro atoms. The molecule has 1 aliphatic rings. The molecule has 0 saturated carbocycles. The van der Waals surface area contributed by atoms with Crippen molar-refractivity contribution in [3.63, 3.8) is 0 Å². The predicted molar refractivity (Wildman–Crippen MR) is 66.5 cm³/mol. The number of alkyl halides is 3. The molecule has 1 heterocycles. The molecule has 0 fully saturated rings. The fourth-order valence-electron chi connectivity index (χ4n) is 1.98. The molecule has 1 amide bonds. The van der Waals surface area contributed by atoms with Crippen LogP contribution in [-0.4, -0.2) is 37.8 Å². The smallest absolute Gasteiger partial charge is 0.405 e. The van der Waals surface area contributed by atoms with Gasteiger partial charge in [-0.25, -0.2) is 0 Å². The van der Waals surface area contributed by atoms with Gasteiger partial charge in [-0.2, -0.15) is 13.2 Å². The van der Waals surface area contributed by atoms with Crippen LogP contribution in [-0.2, 0) is 11.2 Å². The standard InChI is InChI=1S/C13H15F3N2O2/c14-13(15,16)8-18-12(19)7-17-6-10-5-9-3-1-2-4-11(9)20-10/h1-4,10,17H,5-8H2,(H,18,19). The second-order valence-electron chi connectivity index (χ2n) is 4.57. The lowest BCUT2D eigenvalue weighted by molar-refractivity contribution is -0.137. The van der Waals surface area contributed by atoms with Crippen molar-refractivity contribution >= 4 is 5.91 Å². The van der Waals surface area contributed by atoms with Gasteiger partial charge < -0.3 is 15.4 Å². The van der Waals surface area contributed by atoms with Crippen molar-refractivity contribution in [2.75, 3.05) is 19.6 Å². The van der Waals surface area contributed by atoms with E-state index in [0.717, 1.165) is 17.7 Å². The average Bonchev–Trinajstić information content (AvgIpc) is 2.78. The van der Waals surface area contributed by atoms with Crippen molar-refractivity contribution in [1.82, 2.24) is 10.6 Å². The Morgan fingerprint density at radius 1 is 1.35 bits per heavy atom. The zero-order chi connectivity index (χ0) is 14.6. The zero-order valence-electron chi connectivity index (χ0n) is 10.7. The van der Waals surface area contributed by atoms with Gasteiger partial charge in [0.1, 0.15) is 18.4 Å². The van der Waals surface area contributed by atoms with Crippen LogP contribution in [0.4, 0.5) is 13.2 Å². The normalized spacial score (nSPS) is 17.4. The molecule has 4 nitrogen and oxygen atoms in total. The molecular weight excluding hydrogens is 273 g/mol. The Labute approximate surface area is 114 Å². The number of rotatable bonds is 5. The van der Waals surface area contributed by atoms with Crippen LogP contribution in [0.1, 0.15) is 5.56 Å². The summed E-state index contributed by atoms with van der Waals surface area (Å²) in [6.07, 6.45) is -3.75. The number of hydrogen-bond donors (Lipinski definition) is 2. The van der Waals surface area contributed by atoms with Crippen LogP contribution < -0.4 is 15.4 Å². The summed E-state index contributed by atoms with van der Waals surface area (Å²) in [6, 6.07) is 7.62. The maximum Gasteiger partial charge on any atom is 0.405 e. The van der Waals surface area contributed by atoms with Crippen molar-refractivity contribution in [2.24, 2.45) is 0 Å². The molecular formula is C13H15F3N2O2. The Balaban J connectivity index is 1.64. The molecule has 20 heavy (non-hydrogen) atoms.